The van der Waals surface area contributed by atoms with Gasteiger partial charge in [-0.15, -0.1) is 0 Å². The molecule has 0 atom stereocenters. The topological polar surface area (TPSA) is 63.0 Å². The van der Waals surface area contributed by atoms with E-state index in [0.717, 1.165) is 37.4 Å². The molecule has 1 aliphatic rings. The van der Waals surface area contributed by atoms with Gasteiger partial charge in [-0.2, -0.15) is 0 Å². The highest BCUT2D eigenvalue weighted by atomic mass is 15.0. The Kier molecular flexibility index (Phi) is 2.84. The van der Waals surface area contributed by atoms with E-state index in [1.54, 1.807) is 12.3 Å². The fourth-order valence-corrected chi connectivity index (χ4v) is 1.70. The van der Waals surface area contributed by atoms with Gasteiger partial charge in [-0.1, -0.05) is 0 Å². The summed E-state index contributed by atoms with van der Waals surface area (Å²) in [5, 5.41) is 6.72. The Bertz CT molecular complexity index is 294. The number of piperidine rings is 1. The van der Waals surface area contributed by atoms with Crippen molar-refractivity contribution in [3.05, 3.63) is 18.3 Å². The van der Waals surface area contributed by atoms with Gasteiger partial charge in [0.05, 0.1) is 0 Å². The van der Waals surface area contributed by atoms with Crippen LogP contribution in [-0.2, 0) is 0 Å². The van der Waals surface area contributed by atoms with E-state index >= 15 is 0 Å². The standard InChI is InChI=1S/C10H16N4/c11-8-1-6-13-10(7-8)14-9-2-4-12-5-3-9/h1,6-7,9,12H,2-5H2,(H3,11,13,14). The van der Waals surface area contributed by atoms with Crippen LogP contribution in [0.5, 0.6) is 0 Å². The van der Waals surface area contributed by atoms with Crippen LogP contribution in [0.1, 0.15) is 12.8 Å². The number of nitrogens with two attached hydrogens (primary N) is 1. The molecular weight excluding hydrogens is 176 g/mol. The van der Waals surface area contributed by atoms with Gasteiger partial charge in [0, 0.05) is 24.0 Å². The van der Waals surface area contributed by atoms with E-state index in [0.29, 0.717) is 6.04 Å². The van der Waals surface area contributed by atoms with Crippen LogP contribution in [0, 0.1) is 0 Å². The highest BCUT2D eigenvalue weighted by molar-refractivity contribution is 5.48. The van der Waals surface area contributed by atoms with Crippen molar-refractivity contribution in [2.75, 3.05) is 24.1 Å². The lowest BCUT2D eigenvalue weighted by Gasteiger charge is -2.24. The zero-order valence-corrected chi connectivity index (χ0v) is 8.16. The number of pyridine rings is 1. The highest BCUT2D eigenvalue weighted by Crippen LogP contribution is 2.13. The van der Waals surface area contributed by atoms with Gasteiger partial charge < -0.3 is 16.4 Å². The molecule has 1 saturated heterocycles. The molecule has 0 spiro atoms. The van der Waals surface area contributed by atoms with Crippen molar-refractivity contribution >= 4 is 11.5 Å². The first-order valence-electron chi connectivity index (χ1n) is 5.03. The Morgan fingerprint density at radius 3 is 2.93 bits per heavy atom. The Balaban J connectivity index is 1.95. The van der Waals surface area contributed by atoms with Crippen LogP contribution in [0.2, 0.25) is 0 Å². The third-order valence-electron chi connectivity index (χ3n) is 2.48. The maximum atomic E-state index is 5.67. The number of hydrogen-bond acceptors (Lipinski definition) is 4. The monoisotopic (exact) mass is 192 g/mol. The van der Waals surface area contributed by atoms with E-state index in [1.807, 2.05) is 6.07 Å². The summed E-state index contributed by atoms with van der Waals surface area (Å²) in [6, 6.07) is 4.21. The van der Waals surface area contributed by atoms with Gasteiger partial charge in [-0.3, -0.25) is 0 Å². The molecule has 0 aliphatic carbocycles. The summed E-state index contributed by atoms with van der Waals surface area (Å²) < 4.78 is 0. The van der Waals surface area contributed by atoms with Crippen molar-refractivity contribution in [1.82, 2.24) is 10.3 Å². The highest BCUT2D eigenvalue weighted by Gasteiger charge is 2.12. The fourth-order valence-electron chi connectivity index (χ4n) is 1.70. The molecule has 0 unspecified atom stereocenters. The van der Waals surface area contributed by atoms with Gasteiger partial charge in [0.25, 0.3) is 0 Å². The van der Waals surface area contributed by atoms with E-state index in [9.17, 15) is 0 Å². The second kappa shape index (κ2) is 4.28. The molecule has 0 amide bonds. The Morgan fingerprint density at radius 1 is 1.43 bits per heavy atom. The average molecular weight is 192 g/mol. The van der Waals surface area contributed by atoms with Crippen LogP contribution < -0.4 is 16.4 Å². The second-order valence-corrected chi connectivity index (χ2v) is 3.64. The molecule has 1 aliphatic heterocycles. The van der Waals surface area contributed by atoms with Crippen molar-refractivity contribution < 1.29 is 0 Å². The first kappa shape index (κ1) is 9.27. The minimum absolute atomic E-state index is 0.533. The maximum absolute atomic E-state index is 5.67. The zero-order chi connectivity index (χ0) is 9.80. The molecule has 0 aromatic carbocycles. The number of nitrogens with zero attached hydrogens (tertiary/aromatic N) is 1. The lowest BCUT2D eigenvalue weighted by atomic mass is 10.1. The van der Waals surface area contributed by atoms with Crippen molar-refractivity contribution in [2.45, 2.75) is 18.9 Å². The van der Waals surface area contributed by atoms with E-state index in [-0.39, 0.29) is 0 Å². The predicted octanol–water partition coefficient (Wildman–Crippen LogP) is 0.828. The summed E-state index contributed by atoms with van der Waals surface area (Å²) in [4.78, 5) is 4.22. The molecular formula is C10H16N4. The fraction of sp³-hybridized carbons (Fsp3) is 0.500. The zero-order valence-electron chi connectivity index (χ0n) is 8.16. The van der Waals surface area contributed by atoms with Gasteiger partial charge in [0.1, 0.15) is 5.82 Å². The van der Waals surface area contributed by atoms with Crippen molar-refractivity contribution in [3.8, 4) is 0 Å². The normalized spacial score (nSPS) is 18.0. The molecule has 1 fully saturated rings. The van der Waals surface area contributed by atoms with Gasteiger partial charge in [-0.05, 0) is 32.0 Å². The van der Waals surface area contributed by atoms with Crippen LogP contribution in [0.15, 0.2) is 18.3 Å². The molecule has 14 heavy (non-hydrogen) atoms. The molecule has 2 heterocycles. The summed E-state index contributed by atoms with van der Waals surface area (Å²) in [5.74, 6) is 0.886. The molecule has 0 bridgehead atoms. The smallest absolute Gasteiger partial charge is 0.128 e. The predicted molar refractivity (Wildman–Crippen MR) is 58.2 cm³/mol. The summed E-state index contributed by atoms with van der Waals surface area (Å²) in [7, 11) is 0. The summed E-state index contributed by atoms with van der Waals surface area (Å²) >= 11 is 0. The van der Waals surface area contributed by atoms with E-state index in [1.165, 1.54) is 0 Å². The SMILES string of the molecule is Nc1ccnc(NC2CCNCC2)c1. The molecule has 4 nitrogen and oxygen atoms in total. The van der Waals surface area contributed by atoms with Crippen molar-refractivity contribution in [3.63, 3.8) is 0 Å². The largest absolute Gasteiger partial charge is 0.399 e. The third kappa shape index (κ3) is 2.35. The maximum Gasteiger partial charge on any atom is 0.128 e. The Labute approximate surface area is 83.9 Å². The van der Waals surface area contributed by atoms with Crippen LogP contribution in [0.3, 0.4) is 0 Å². The van der Waals surface area contributed by atoms with Gasteiger partial charge in [0.2, 0.25) is 0 Å². The number of rotatable bonds is 2. The average Bonchev–Trinajstić information content (AvgIpc) is 2.19. The molecule has 4 heteroatoms. The lowest BCUT2D eigenvalue weighted by molar-refractivity contribution is 0.478. The number of anilines is 2. The summed E-state index contributed by atoms with van der Waals surface area (Å²) in [6.07, 6.45) is 4.03. The van der Waals surface area contributed by atoms with Crippen LogP contribution in [0.4, 0.5) is 11.5 Å². The Morgan fingerprint density at radius 2 is 2.21 bits per heavy atom. The number of aromatic nitrogens is 1. The molecule has 4 N–H and O–H groups in total. The first-order chi connectivity index (χ1) is 6.84. The molecule has 1 aromatic rings. The lowest BCUT2D eigenvalue weighted by Crippen LogP contribution is -2.35. The van der Waals surface area contributed by atoms with Crippen LogP contribution in [0.25, 0.3) is 0 Å². The molecule has 0 saturated carbocycles. The van der Waals surface area contributed by atoms with Gasteiger partial charge >= 0.3 is 0 Å². The summed E-state index contributed by atoms with van der Waals surface area (Å²) in [6.45, 7) is 2.17. The van der Waals surface area contributed by atoms with Crippen LogP contribution >= 0.6 is 0 Å². The molecule has 2 rings (SSSR count). The molecule has 1 aromatic heterocycles. The number of nitrogens with one attached hydrogen (secondary N) is 2. The minimum Gasteiger partial charge on any atom is -0.399 e. The minimum atomic E-state index is 0.533. The molecule has 0 radical (unpaired) electrons. The van der Waals surface area contributed by atoms with E-state index < -0.39 is 0 Å². The van der Waals surface area contributed by atoms with Crippen molar-refractivity contribution in [2.24, 2.45) is 0 Å². The van der Waals surface area contributed by atoms with Gasteiger partial charge in [-0.25, -0.2) is 4.98 Å². The third-order valence-corrected chi connectivity index (χ3v) is 2.48. The molecule has 76 valence electrons. The van der Waals surface area contributed by atoms with E-state index in [4.69, 9.17) is 5.73 Å². The summed E-state index contributed by atoms with van der Waals surface area (Å²) in [5.41, 5.74) is 6.43. The number of nitrogen functional groups attached to an aromatic ring is 1. The first-order valence-corrected chi connectivity index (χ1v) is 5.03. The number of hydrogen-bond donors (Lipinski definition) is 3. The quantitative estimate of drug-likeness (QED) is 0.649. The second-order valence-electron chi connectivity index (χ2n) is 3.64. The Hall–Kier alpha value is -1.29. The van der Waals surface area contributed by atoms with Gasteiger partial charge in [0.15, 0.2) is 0 Å². The van der Waals surface area contributed by atoms with E-state index in [2.05, 4.69) is 15.6 Å². The van der Waals surface area contributed by atoms with Crippen molar-refractivity contribution in [1.29, 1.82) is 0 Å². The van der Waals surface area contributed by atoms with Crippen LogP contribution in [-0.4, -0.2) is 24.1 Å².